The molecular formula is C21H23ClN2O2. The molecule has 3 rings (SSSR count). The van der Waals surface area contributed by atoms with Crippen molar-refractivity contribution < 1.29 is 9.59 Å². The molecule has 0 unspecified atom stereocenters. The molecule has 0 radical (unpaired) electrons. The predicted molar refractivity (Wildman–Crippen MR) is 103 cm³/mol. The summed E-state index contributed by atoms with van der Waals surface area (Å²) in [6.45, 7) is 3.52. The van der Waals surface area contributed by atoms with Crippen LogP contribution in [0, 0.1) is 12.8 Å². The van der Waals surface area contributed by atoms with Gasteiger partial charge < -0.3 is 10.2 Å². The number of piperidine rings is 1. The molecule has 0 saturated carbocycles. The van der Waals surface area contributed by atoms with Crippen LogP contribution in [-0.4, -0.2) is 23.3 Å². The summed E-state index contributed by atoms with van der Waals surface area (Å²) < 4.78 is 0. The number of carbonyl (C=O) groups is 2. The van der Waals surface area contributed by atoms with E-state index in [0.29, 0.717) is 37.5 Å². The molecule has 2 aromatic rings. The van der Waals surface area contributed by atoms with Crippen molar-refractivity contribution in [3.05, 3.63) is 70.2 Å². The fourth-order valence-corrected chi connectivity index (χ4v) is 3.26. The number of amides is 2. The van der Waals surface area contributed by atoms with Crippen LogP contribution < -0.4 is 5.32 Å². The van der Waals surface area contributed by atoms with Crippen molar-refractivity contribution in [3.8, 4) is 0 Å². The topological polar surface area (TPSA) is 49.4 Å². The molecule has 1 heterocycles. The van der Waals surface area contributed by atoms with E-state index in [4.69, 9.17) is 11.6 Å². The molecule has 136 valence electrons. The summed E-state index contributed by atoms with van der Waals surface area (Å²) in [6.07, 6.45) is 1.02. The lowest BCUT2D eigenvalue weighted by Crippen LogP contribution is -2.45. The highest BCUT2D eigenvalue weighted by atomic mass is 35.5. The fraction of sp³-hybridized carbons (Fsp3) is 0.333. The van der Waals surface area contributed by atoms with Gasteiger partial charge in [0.05, 0.1) is 5.92 Å². The van der Waals surface area contributed by atoms with Gasteiger partial charge in [0, 0.05) is 31.1 Å². The Morgan fingerprint density at radius 3 is 2.46 bits per heavy atom. The molecule has 1 aliphatic heterocycles. The van der Waals surface area contributed by atoms with Gasteiger partial charge in [0.25, 0.3) is 0 Å². The number of nitrogens with zero attached hydrogens (tertiary/aromatic N) is 1. The summed E-state index contributed by atoms with van der Waals surface area (Å²) in [5.41, 5.74) is 3.29. The Bertz CT molecular complexity index is 772. The van der Waals surface area contributed by atoms with Gasteiger partial charge in [0.15, 0.2) is 0 Å². The number of benzene rings is 2. The first-order chi connectivity index (χ1) is 12.5. The first-order valence-electron chi connectivity index (χ1n) is 8.87. The summed E-state index contributed by atoms with van der Waals surface area (Å²) in [7, 11) is 0. The van der Waals surface area contributed by atoms with E-state index in [1.54, 1.807) is 4.90 Å². The van der Waals surface area contributed by atoms with E-state index in [2.05, 4.69) is 5.32 Å². The molecule has 5 heteroatoms. The van der Waals surface area contributed by atoms with Crippen LogP contribution >= 0.6 is 11.6 Å². The fourth-order valence-electron chi connectivity index (χ4n) is 3.13. The van der Waals surface area contributed by atoms with E-state index >= 15 is 0 Å². The Balaban J connectivity index is 1.56. The van der Waals surface area contributed by atoms with Gasteiger partial charge in [-0.1, -0.05) is 53.6 Å². The Kier molecular flexibility index (Phi) is 5.94. The lowest BCUT2D eigenvalue weighted by molar-refractivity contribution is -0.138. The molecular weight excluding hydrogens is 348 g/mol. The van der Waals surface area contributed by atoms with E-state index < -0.39 is 0 Å². The van der Waals surface area contributed by atoms with Gasteiger partial charge in [-0.25, -0.2) is 0 Å². The summed E-state index contributed by atoms with van der Waals surface area (Å²) in [6, 6.07) is 15.6. The third kappa shape index (κ3) is 4.85. The smallest absolute Gasteiger partial charge is 0.225 e. The number of hydrogen-bond donors (Lipinski definition) is 1. The minimum atomic E-state index is -0.162. The molecule has 0 aliphatic carbocycles. The van der Waals surface area contributed by atoms with Gasteiger partial charge in [-0.3, -0.25) is 9.59 Å². The lowest BCUT2D eigenvalue weighted by atomic mass is 9.96. The van der Waals surface area contributed by atoms with Gasteiger partial charge in [0.2, 0.25) is 11.8 Å². The maximum Gasteiger partial charge on any atom is 0.225 e. The minimum absolute atomic E-state index is 0.0131. The molecule has 1 saturated heterocycles. The van der Waals surface area contributed by atoms with Gasteiger partial charge in [-0.2, -0.15) is 0 Å². The van der Waals surface area contributed by atoms with Crippen LogP contribution in [0.3, 0.4) is 0 Å². The van der Waals surface area contributed by atoms with Crippen LogP contribution in [0.5, 0.6) is 0 Å². The third-order valence-corrected chi connectivity index (χ3v) is 5.00. The maximum atomic E-state index is 12.5. The Morgan fingerprint density at radius 2 is 1.77 bits per heavy atom. The minimum Gasteiger partial charge on any atom is -0.352 e. The number of likely N-dealkylation sites (tertiary alicyclic amines) is 1. The van der Waals surface area contributed by atoms with Crippen molar-refractivity contribution in [1.82, 2.24) is 10.2 Å². The van der Waals surface area contributed by atoms with Gasteiger partial charge in [-0.05, 0) is 36.6 Å². The number of nitrogens with one attached hydrogen (secondary N) is 1. The Morgan fingerprint density at radius 1 is 1.12 bits per heavy atom. The predicted octanol–water partition coefficient (Wildman–Crippen LogP) is 3.70. The Labute approximate surface area is 159 Å². The van der Waals surface area contributed by atoms with Crippen molar-refractivity contribution in [2.24, 2.45) is 5.92 Å². The molecule has 1 N–H and O–H groups in total. The molecule has 26 heavy (non-hydrogen) atoms. The van der Waals surface area contributed by atoms with Crippen LogP contribution in [0.4, 0.5) is 0 Å². The summed E-state index contributed by atoms with van der Waals surface area (Å²) in [5, 5.41) is 3.67. The zero-order chi connectivity index (χ0) is 18.5. The molecule has 0 aromatic heterocycles. The summed E-state index contributed by atoms with van der Waals surface area (Å²) >= 11 is 5.91. The zero-order valence-corrected chi connectivity index (χ0v) is 15.6. The van der Waals surface area contributed by atoms with Gasteiger partial charge >= 0.3 is 0 Å². The highest BCUT2D eigenvalue weighted by Gasteiger charge is 2.30. The van der Waals surface area contributed by atoms with Crippen molar-refractivity contribution >= 4 is 23.4 Å². The van der Waals surface area contributed by atoms with Crippen LogP contribution in [0.25, 0.3) is 0 Å². The summed E-state index contributed by atoms with van der Waals surface area (Å²) in [4.78, 5) is 26.5. The first kappa shape index (κ1) is 18.5. The lowest BCUT2D eigenvalue weighted by Gasteiger charge is -2.32. The van der Waals surface area contributed by atoms with Gasteiger partial charge in [0.1, 0.15) is 0 Å². The highest BCUT2D eigenvalue weighted by Crippen LogP contribution is 2.21. The van der Waals surface area contributed by atoms with Gasteiger partial charge in [-0.15, -0.1) is 0 Å². The molecule has 2 amide bonds. The number of aryl methyl sites for hydroxylation is 1. The number of carbonyl (C=O) groups excluding carboxylic acids is 2. The molecule has 1 fully saturated rings. The normalized spacial score (nSPS) is 17.2. The number of hydrogen-bond acceptors (Lipinski definition) is 2. The van der Waals surface area contributed by atoms with E-state index in [1.165, 1.54) is 5.56 Å². The molecule has 4 nitrogen and oxygen atoms in total. The Hall–Kier alpha value is -2.33. The van der Waals surface area contributed by atoms with Crippen LogP contribution in [0.15, 0.2) is 48.5 Å². The highest BCUT2D eigenvalue weighted by molar-refractivity contribution is 6.30. The molecule has 1 atom stereocenters. The summed E-state index contributed by atoms with van der Waals surface area (Å²) in [5.74, 6) is -0.0489. The standard InChI is InChI=1S/C21H23ClN2O2/c1-15-2-4-16(5-3-15)12-23-21(26)18-8-11-20(25)24(14-18)13-17-6-9-19(22)10-7-17/h2-7,9-10,18H,8,11-14H2,1H3,(H,23,26)/t18-/m1/s1. The average molecular weight is 371 g/mol. The van der Waals surface area contributed by atoms with E-state index in [9.17, 15) is 9.59 Å². The van der Waals surface area contributed by atoms with Crippen molar-refractivity contribution in [3.63, 3.8) is 0 Å². The van der Waals surface area contributed by atoms with E-state index in [-0.39, 0.29) is 17.7 Å². The van der Waals surface area contributed by atoms with E-state index in [1.807, 2.05) is 55.5 Å². The molecule has 2 aromatic carbocycles. The van der Waals surface area contributed by atoms with Crippen LogP contribution in [0.1, 0.15) is 29.5 Å². The second-order valence-corrected chi connectivity index (χ2v) is 7.28. The first-order valence-corrected chi connectivity index (χ1v) is 9.24. The monoisotopic (exact) mass is 370 g/mol. The second-order valence-electron chi connectivity index (χ2n) is 6.84. The van der Waals surface area contributed by atoms with Crippen molar-refractivity contribution in [2.75, 3.05) is 6.54 Å². The largest absolute Gasteiger partial charge is 0.352 e. The van der Waals surface area contributed by atoms with Crippen molar-refractivity contribution in [1.29, 1.82) is 0 Å². The van der Waals surface area contributed by atoms with E-state index in [0.717, 1.165) is 11.1 Å². The number of halogens is 1. The van der Waals surface area contributed by atoms with Crippen molar-refractivity contribution in [2.45, 2.75) is 32.9 Å². The van der Waals surface area contributed by atoms with Crippen LogP contribution in [-0.2, 0) is 22.7 Å². The quantitative estimate of drug-likeness (QED) is 0.872. The zero-order valence-electron chi connectivity index (χ0n) is 14.9. The molecule has 0 bridgehead atoms. The van der Waals surface area contributed by atoms with Crippen LogP contribution in [0.2, 0.25) is 5.02 Å². The average Bonchev–Trinajstić information content (AvgIpc) is 2.64. The third-order valence-electron chi connectivity index (χ3n) is 4.74. The maximum absolute atomic E-state index is 12.5. The molecule has 0 spiro atoms. The SMILES string of the molecule is Cc1ccc(CNC(=O)[C@@H]2CCC(=O)N(Cc3ccc(Cl)cc3)C2)cc1. The number of rotatable bonds is 5. The molecule has 1 aliphatic rings. The second kappa shape index (κ2) is 8.37.